The number of carbonyl (C=O) groups excluding carboxylic acids is 2. The maximum atomic E-state index is 12.4. The Labute approximate surface area is 143 Å². The Balaban J connectivity index is 1.76. The largest absolute Gasteiger partial charge is 0.444 e. The lowest BCUT2D eigenvalue weighted by molar-refractivity contribution is 0.0482. The summed E-state index contributed by atoms with van der Waals surface area (Å²) < 4.78 is 28.1. The molecule has 0 aromatic carbocycles. The van der Waals surface area contributed by atoms with Gasteiger partial charge in [0.2, 0.25) is 0 Å². The van der Waals surface area contributed by atoms with E-state index in [1.54, 1.807) is 9.80 Å². The van der Waals surface area contributed by atoms with Gasteiger partial charge in [0.1, 0.15) is 5.60 Å². The third-order valence-corrected chi connectivity index (χ3v) is 5.71. The minimum atomic E-state index is -2.99. The Bertz CT molecular complexity index is 562. The normalized spacial score (nSPS) is 22.1. The van der Waals surface area contributed by atoms with Gasteiger partial charge < -0.3 is 19.9 Å². The van der Waals surface area contributed by atoms with Crippen molar-refractivity contribution >= 4 is 22.0 Å². The second kappa shape index (κ2) is 7.16. The molecule has 0 radical (unpaired) electrons. The maximum absolute atomic E-state index is 12.4. The highest BCUT2D eigenvalue weighted by molar-refractivity contribution is 7.91. The molecular formula is C15H27N3O5S. The van der Waals surface area contributed by atoms with Crippen LogP contribution in [0.1, 0.15) is 33.6 Å². The maximum Gasteiger partial charge on any atom is 0.407 e. The molecule has 0 unspecified atom stereocenters. The van der Waals surface area contributed by atoms with E-state index in [2.05, 4.69) is 5.32 Å². The number of nitrogens with zero attached hydrogens (tertiary/aromatic N) is 2. The molecule has 0 saturated carbocycles. The molecule has 2 aliphatic heterocycles. The van der Waals surface area contributed by atoms with Crippen molar-refractivity contribution in [1.29, 1.82) is 0 Å². The summed E-state index contributed by atoms with van der Waals surface area (Å²) in [6.45, 7) is 7.05. The lowest BCUT2D eigenvalue weighted by Gasteiger charge is -2.37. The summed E-state index contributed by atoms with van der Waals surface area (Å²) in [5, 5.41) is 2.83. The summed E-state index contributed by atoms with van der Waals surface area (Å²) in [5.74, 6) is 0.0742. The summed E-state index contributed by atoms with van der Waals surface area (Å²) in [6.07, 6.45) is 0.891. The molecule has 8 nitrogen and oxygen atoms in total. The highest BCUT2D eigenvalue weighted by Gasteiger charge is 2.31. The number of piperidine rings is 1. The van der Waals surface area contributed by atoms with Gasteiger partial charge in [-0.2, -0.15) is 0 Å². The van der Waals surface area contributed by atoms with E-state index in [0.717, 1.165) is 0 Å². The molecule has 2 aliphatic rings. The lowest BCUT2D eigenvalue weighted by atomic mass is 10.1. The van der Waals surface area contributed by atoms with E-state index in [1.807, 2.05) is 20.8 Å². The molecule has 2 heterocycles. The van der Waals surface area contributed by atoms with Crippen molar-refractivity contribution in [2.45, 2.75) is 45.3 Å². The molecule has 0 aliphatic carbocycles. The zero-order valence-electron chi connectivity index (χ0n) is 14.6. The first-order chi connectivity index (χ1) is 11.1. The van der Waals surface area contributed by atoms with Crippen LogP contribution in [0, 0.1) is 0 Å². The van der Waals surface area contributed by atoms with Crippen molar-refractivity contribution in [1.82, 2.24) is 15.1 Å². The van der Waals surface area contributed by atoms with Gasteiger partial charge in [-0.05, 0) is 33.6 Å². The molecule has 0 aromatic heterocycles. The summed E-state index contributed by atoms with van der Waals surface area (Å²) in [7, 11) is -2.99. The first-order valence-corrected chi connectivity index (χ1v) is 10.1. The lowest BCUT2D eigenvalue weighted by Crippen LogP contribution is -2.53. The number of hydrogen-bond acceptors (Lipinski definition) is 5. The molecule has 0 atom stereocenters. The number of rotatable bonds is 1. The van der Waals surface area contributed by atoms with Crippen LogP contribution in [0.2, 0.25) is 0 Å². The van der Waals surface area contributed by atoms with Gasteiger partial charge in [-0.3, -0.25) is 0 Å². The third-order valence-electron chi connectivity index (χ3n) is 4.10. The van der Waals surface area contributed by atoms with Gasteiger partial charge >= 0.3 is 12.1 Å². The number of nitrogens with one attached hydrogen (secondary N) is 1. The molecule has 3 amide bonds. The van der Waals surface area contributed by atoms with Gasteiger partial charge in [-0.25, -0.2) is 18.0 Å². The highest BCUT2D eigenvalue weighted by Crippen LogP contribution is 2.15. The van der Waals surface area contributed by atoms with Crippen molar-refractivity contribution < 1.29 is 22.7 Å². The van der Waals surface area contributed by atoms with Crippen LogP contribution < -0.4 is 5.32 Å². The number of urea groups is 1. The number of carbonyl (C=O) groups is 2. The SMILES string of the molecule is CC(C)(C)OC(=O)NC1CCN(C(=O)N2CCS(=O)(=O)CC2)CC1. The molecule has 0 bridgehead atoms. The zero-order chi connectivity index (χ0) is 18.0. The number of ether oxygens (including phenoxy) is 1. The minimum absolute atomic E-state index is 0.00867. The van der Waals surface area contributed by atoms with Gasteiger partial charge in [-0.15, -0.1) is 0 Å². The van der Waals surface area contributed by atoms with Crippen LogP contribution in [0.15, 0.2) is 0 Å². The fraction of sp³-hybridized carbons (Fsp3) is 0.867. The van der Waals surface area contributed by atoms with Gasteiger partial charge in [0.15, 0.2) is 9.84 Å². The number of alkyl carbamates (subject to hydrolysis) is 1. The monoisotopic (exact) mass is 361 g/mol. The van der Waals surface area contributed by atoms with Crippen LogP contribution in [0.5, 0.6) is 0 Å². The molecule has 0 aromatic rings. The number of hydrogen-bond donors (Lipinski definition) is 1. The van der Waals surface area contributed by atoms with E-state index in [9.17, 15) is 18.0 Å². The first-order valence-electron chi connectivity index (χ1n) is 8.29. The molecule has 2 saturated heterocycles. The molecule has 2 fully saturated rings. The van der Waals surface area contributed by atoms with E-state index in [-0.39, 0.29) is 36.7 Å². The Morgan fingerprint density at radius 2 is 1.50 bits per heavy atom. The van der Waals surface area contributed by atoms with E-state index in [4.69, 9.17) is 4.74 Å². The second-order valence-corrected chi connectivity index (χ2v) is 9.63. The van der Waals surface area contributed by atoms with Crippen LogP contribution in [-0.4, -0.2) is 79.7 Å². The molecule has 9 heteroatoms. The molecule has 138 valence electrons. The average molecular weight is 361 g/mol. The fourth-order valence-corrected chi connectivity index (χ4v) is 3.99. The van der Waals surface area contributed by atoms with Crippen molar-refractivity contribution in [3.63, 3.8) is 0 Å². The van der Waals surface area contributed by atoms with Crippen molar-refractivity contribution in [2.24, 2.45) is 0 Å². The molecular weight excluding hydrogens is 334 g/mol. The summed E-state index contributed by atoms with van der Waals surface area (Å²) in [5.41, 5.74) is -0.532. The molecule has 24 heavy (non-hydrogen) atoms. The van der Waals surface area contributed by atoms with E-state index in [0.29, 0.717) is 25.9 Å². The summed E-state index contributed by atoms with van der Waals surface area (Å²) >= 11 is 0. The van der Waals surface area contributed by atoms with Crippen LogP contribution in [0.25, 0.3) is 0 Å². The van der Waals surface area contributed by atoms with Gasteiger partial charge in [0.05, 0.1) is 11.5 Å². The molecule has 2 rings (SSSR count). The fourth-order valence-electron chi connectivity index (χ4n) is 2.79. The summed E-state index contributed by atoms with van der Waals surface area (Å²) in [4.78, 5) is 27.5. The third kappa shape index (κ3) is 5.54. The Morgan fingerprint density at radius 1 is 1.00 bits per heavy atom. The summed E-state index contributed by atoms with van der Waals surface area (Å²) in [6, 6.07) is -0.119. The predicted molar refractivity (Wildman–Crippen MR) is 89.6 cm³/mol. The van der Waals surface area contributed by atoms with Crippen LogP contribution in [-0.2, 0) is 14.6 Å². The molecule has 0 spiro atoms. The average Bonchev–Trinajstić information content (AvgIpc) is 2.45. The van der Waals surface area contributed by atoms with Gasteiger partial charge in [0, 0.05) is 32.2 Å². The Hall–Kier alpha value is -1.51. The van der Waals surface area contributed by atoms with E-state index in [1.165, 1.54) is 0 Å². The topological polar surface area (TPSA) is 96.0 Å². The van der Waals surface area contributed by atoms with E-state index < -0.39 is 21.5 Å². The van der Waals surface area contributed by atoms with Crippen LogP contribution >= 0.6 is 0 Å². The number of likely N-dealkylation sites (tertiary alicyclic amines) is 1. The van der Waals surface area contributed by atoms with Gasteiger partial charge in [-0.1, -0.05) is 0 Å². The van der Waals surface area contributed by atoms with E-state index >= 15 is 0 Å². The molecule has 1 N–H and O–H groups in total. The first kappa shape index (κ1) is 18.8. The predicted octanol–water partition coefficient (Wildman–Crippen LogP) is 0.826. The van der Waals surface area contributed by atoms with Crippen LogP contribution in [0.4, 0.5) is 9.59 Å². The van der Waals surface area contributed by atoms with Crippen molar-refractivity contribution in [3.05, 3.63) is 0 Å². The zero-order valence-corrected chi connectivity index (χ0v) is 15.4. The standard InChI is InChI=1S/C15H27N3O5S/c1-15(2,3)23-13(19)16-12-4-6-17(7-5-12)14(20)18-8-10-24(21,22)11-9-18/h12H,4-11H2,1-3H3,(H,16,19). The smallest absolute Gasteiger partial charge is 0.407 e. The van der Waals surface area contributed by atoms with Crippen molar-refractivity contribution in [3.8, 4) is 0 Å². The minimum Gasteiger partial charge on any atom is -0.444 e. The highest BCUT2D eigenvalue weighted by atomic mass is 32.2. The Kier molecular flexibility index (Phi) is 5.62. The quantitative estimate of drug-likeness (QED) is 0.746. The van der Waals surface area contributed by atoms with Crippen molar-refractivity contribution in [2.75, 3.05) is 37.7 Å². The Morgan fingerprint density at radius 3 is 2.00 bits per heavy atom. The van der Waals surface area contributed by atoms with Gasteiger partial charge in [0.25, 0.3) is 0 Å². The number of amides is 3. The number of sulfone groups is 1. The van der Waals surface area contributed by atoms with Crippen LogP contribution in [0.3, 0.4) is 0 Å². The second-order valence-electron chi connectivity index (χ2n) is 7.33.